The molecule has 0 aromatic heterocycles. The molecule has 0 saturated carbocycles. The quantitative estimate of drug-likeness (QED) is 0.377. The van der Waals surface area contributed by atoms with Gasteiger partial charge in [-0.15, -0.1) is 0 Å². The Morgan fingerprint density at radius 1 is 1.03 bits per heavy atom. The molecule has 7 heteroatoms. The molecule has 1 amide bonds. The summed E-state index contributed by atoms with van der Waals surface area (Å²) in [6, 6.07) is 19.0. The molecule has 0 fully saturated rings. The summed E-state index contributed by atoms with van der Waals surface area (Å²) in [4.78, 5) is 12.0. The van der Waals surface area contributed by atoms with E-state index in [9.17, 15) is 9.18 Å². The number of nitrogens with one attached hydrogen (secondary N) is 1. The topological polar surface area (TPSA) is 59.9 Å². The van der Waals surface area contributed by atoms with Gasteiger partial charge in [-0.2, -0.15) is 5.10 Å². The van der Waals surface area contributed by atoms with Crippen LogP contribution >= 0.6 is 15.9 Å². The van der Waals surface area contributed by atoms with Crippen LogP contribution in [0.4, 0.5) is 4.39 Å². The van der Waals surface area contributed by atoms with Gasteiger partial charge in [-0.25, -0.2) is 9.82 Å². The molecule has 0 aliphatic carbocycles. The van der Waals surface area contributed by atoms with Crippen LogP contribution in [0.5, 0.6) is 11.5 Å². The predicted octanol–water partition coefficient (Wildman–Crippen LogP) is 4.87. The molecule has 3 aromatic carbocycles. The van der Waals surface area contributed by atoms with E-state index in [0.717, 1.165) is 21.2 Å². The highest BCUT2D eigenvalue weighted by Crippen LogP contribution is 2.28. The first-order valence-electron chi connectivity index (χ1n) is 9.15. The van der Waals surface area contributed by atoms with E-state index >= 15 is 0 Å². The number of hydrogen-bond donors (Lipinski definition) is 1. The van der Waals surface area contributed by atoms with Crippen LogP contribution in [-0.4, -0.2) is 19.2 Å². The van der Waals surface area contributed by atoms with Crippen LogP contribution < -0.4 is 14.9 Å². The van der Waals surface area contributed by atoms with Gasteiger partial charge in [0.05, 0.1) is 19.7 Å². The Hall–Kier alpha value is -3.19. The highest BCUT2D eigenvalue weighted by Gasteiger charge is 2.06. The Kier molecular flexibility index (Phi) is 7.57. The van der Waals surface area contributed by atoms with Crippen LogP contribution in [0.25, 0.3) is 0 Å². The molecule has 154 valence electrons. The lowest BCUT2D eigenvalue weighted by atomic mass is 10.1. The fraction of sp³-hybridized carbons (Fsp3) is 0.130. The second-order valence-electron chi connectivity index (χ2n) is 6.42. The van der Waals surface area contributed by atoms with Gasteiger partial charge in [0.25, 0.3) is 0 Å². The maximum Gasteiger partial charge on any atom is 0.244 e. The lowest BCUT2D eigenvalue weighted by Crippen LogP contribution is -2.19. The lowest BCUT2D eigenvalue weighted by molar-refractivity contribution is -0.120. The zero-order chi connectivity index (χ0) is 21.3. The van der Waals surface area contributed by atoms with Crippen molar-refractivity contribution in [3.8, 4) is 11.5 Å². The van der Waals surface area contributed by atoms with Crippen LogP contribution in [0.2, 0.25) is 0 Å². The van der Waals surface area contributed by atoms with Crippen molar-refractivity contribution in [2.24, 2.45) is 5.10 Å². The summed E-state index contributed by atoms with van der Waals surface area (Å²) in [7, 11) is 1.54. The first kappa shape index (κ1) is 21.5. The number of rotatable bonds is 8. The van der Waals surface area contributed by atoms with E-state index in [1.165, 1.54) is 18.3 Å². The van der Waals surface area contributed by atoms with Crippen molar-refractivity contribution in [2.75, 3.05) is 7.11 Å². The number of methoxy groups -OCH3 is 1. The van der Waals surface area contributed by atoms with Crippen molar-refractivity contribution in [2.45, 2.75) is 13.0 Å². The third-order valence-corrected chi connectivity index (χ3v) is 4.70. The molecule has 0 atom stereocenters. The molecular weight excluding hydrogens is 451 g/mol. The average Bonchev–Trinajstić information content (AvgIpc) is 2.75. The van der Waals surface area contributed by atoms with Gasteiger partial charge in [-0.05, 0) is 59.2 Å². The molecule has 0 aliphatic heterocycles. The predicted molar refractivity (Wildman–Crippen MR) is 117 cm³/mol. The smallest absolute Gasteiger partial charge is 0.244 e. The van der Waals surface area contributed by atoms with Gasteiger partial charge in [0, 0.05) is 4.47 Å². The molecule has 0 spiro atoms. The summed E-state index contributed by atoms with van der Waals surface area (Å²) in [5, 5.41) is 4.00. The minimum absolute atomic E-state index is 0.209. The number of ether oxygens (including phenoxy) is 2. The molecule has 5 nitrogen and oxygen atoms in total. The van der Waals surface area contributed by atoms with E-state index in [-0.39, 0.29) is 24.8 Å². The van der Waals surface area contributed by atoms with Crippen molar-refractivity contribution < 1.29 is 18.7 Å². The minimum Gasteiger partial charge on any atom is -0.493 e. The maximum absolute atomic E-state index is 13.0. The Balaban J connectivity index is 1.56. The van der Waals surface area contributed by atoms with Gasteiger partial charge in [-0.3, -0.25) is 4.79 Å². The van der Waals surface area contributed by atoms with E-state index in [2.05, 4.69) is 26.5 Å². The molecule has 0 saturated heterocycles. The maximum atomic E-state index is 13.0. The van der Waals surface area contributed by atoms with Crippen molar-refractivity contribution in [3.63, 3.8) is 0 Å². The fourth-order valence-corrected chi connectivity index (χ4v) is 2.90. The first-order chi connectivity index (χ1) is 14.5. The van der Waals surface area contributed by atoms with Gasteiger partial charge in [-0.1, -0.05) is 40.2 Å². The number of benzene rings is 3. The molecule has 0 unspecified atom stereocenters. The van der Waals surface area contributed by atoms with Crippen LogP contribution in [0.1, 0.15) is 16.7 Å². The molecule has 1 N–H and O–H groups in total. The van der Waals surface area contributed by atoms with Crippen molar-refractivity contribution in [3.05, 3.63) is 93.7 Å². The fourth-order valence-electron chi connectivity index (χ4n) is 2.63. The summed E-state index contributed by atoms with van der Waals surface area (Å²) in [5.74, 6) is 0.587. The molecule has 0 radical (unpaired) electrons. The van der Waals surface area contributed by atoms with E-state index in [1.54, 1.807) is 37.4 Å². The number of nitrogens with zero attached hydrogens (tertiary/aromatic N) is 1. The largest absolute Gasteiger partial charge is 0.493 e. The van der Waals surface area contributed by atoms with Crippen molar-refractivity contribution in [1.29, 1.82) is 0 Å². The standard InChI is InChI=1S/C23H20BrFN2O3/c1-29-22-12-18(6-11-21(22)30-15-17-4-9-20(25)10-5-17)14-26-27-23(28)13-16-2-7-19(24)8-3-16/h2-12,14H,13,15H2,1H3,(H,27,28)/b26-14-. The average molecular weight is 471 g/mol. The Labute approximate surface area is 182 Å². The van der Waals surface area contributed by atoms with Gasteiger partial charge in [0.15, 0.2) is 11.5 Å². The van der Waals surface area contributed by atoms with Crippen molar-refractivity contribution >= 4 is 28.1 Å². The number of halogens is 2. The summed E-state index contributed by atoms with van der Waals surface area (Å²) in [5.41, 5.74) is 5.00. The summed E-state index contributed by atoms with van der Waals surface area (Å²) < 4.78 is 25.1. The van der Waals surface area contributed by atoms with E-state index < -0.39 is 0 Å². The Morgan fingerprint density at radius 2 is 1.73 bits per heavy atom. The van der Waals surface area contributed by atoms with Crippen LogP contribution in [0.3, 0.4) is 0 Å². The molecule has 0 heterocycles. The molecule has 3 rings (SSSR count). The number of hydrazone groups is 1. The normalized spacial score (nSPS) is 10.8. The molecule has 0 bridgehead atoms. The van der Waals surface area contributed by atoms with E-state index in [4.69, 9.17) is 9.47 Å². The van der Waals surface area contributed by atoms with Crippen LogP contribution in [-0.2, 0) is 17.8 Å². The Morgan fingerprint density at radius 3 is 2.43 bits per heavy atom. The van der Waals surface area contributed by atoms with Gasteiger partial charge in [0.2, 0.25) is 5.91 Å². The zero-order valence-electron chi connectivity index (χ0n) is 16.3. The molecule has 3 aromatic rings. The van der Waals surface area contributed by atoms with E-state index in [1.807, 2.05) is 24.3 Å². The van der Waals surface area contributed by atoms with E-state index in [0.29, 0.717) is 11.5 Å². The molecular formula is C23H20BrFN2O3. The molecule has 0 aliphatic rings. The number of amides is 1. The Bertz CT molecular complexity index is 1020. The lowest BCUT2D eigenvalue weighted by Gasteiger charge is -2.11. The second kappa shape index (κ2) is 10.5. The van der Waals surface area contributed by atoms with Crippen LogP contribution in [0, 0.1) is 5.82 Å². The minimum atomic E-state index is -0.288. The summed E-state index contributed by atoms with van der Waals surface area (Å²) in [6.07, 6.45) is 1.77. The summed E-state index contributed by atoms with van der Waals surface area (Å²) >= 11 is 3.36. The highest BCUT2D eigenvalue weighted by atomic mass is 79.9. The summed E-state index contributed by atoms with van der Waals surface area (Å²) in [6.45, 7) is 0.288. The third kappa shape index (κ3) is 6.42. The second-order valence-corrected chi connectivity index (χ2v) is 7.34. The number of carbonyl (C=O) groups excluding carboxylic acids is 1. The first-order valence-corrected chi connectivity index (χ1v) is 9.94. The number of carbonyl (C=O) groups is 1. The highest BCUT2D eigenvalue weighted by molar-refractivity contribution is 9.10. The number of hydrogen-bond acceptors (Lipinski definition) is 4. The SMILES string of the molecule is COc1cc(/C=N\NC(=O)Cc2ccc(Br)cc2)ccc1OCc1ccc(F)cc1. The monoisotopic (exact) mass is 470 g/mol. The van der Waals surface area contributed by atoms with Crippen molar-refractivity contribution in [1.82, 2.24) is 5.43 Å². The molecule has 30 heavy (non-hydrogen) atoms. The zero-order valence-corrected chi connectivity index (χ0v) is 17.9. The van der Waals surface area contributed by atoms with Crippen LogP contribution in [0.15, 0.2) is 76.3 Å². The third-order valence-electron chi connectivity index (χ3n) is 4.18. The van der Waals surface area contributed by atoms with Gasteiger partial charge in [0.1, 0.15) is 12.4 Å². The van der Waals surface area contributed by atoms with Gasteiger partial charge >= 0.3 is 0 Å². The van der Waals surface area contributed by atoms with Gasteiger partial charge < -0.3 is 9.47 Å².